The summed E-state index contributed by atoms with van der Waals surface area (Å²) < 4.78 is 5.16. The number of aliphatic carboxylic acids is 1. The van der Waals surface area contributed by atoms with E-state index >= 15 is 0 Å². The molecule has 0 heterocycles. The topological polar surface area (TPSA) is 142 Å². The minimum absolute atomic E-state index is 0.0208. The third-order valence-corrected chi connectivity index (χ3v) is 4.52. The van der Waals surface area contributed by atoms with Crippen molar-refractivity contribution >= 4 is 38.6 Å². The highest BCUT2D eigenvalue weighted by molar-refractivity contribution is 9.18. The van der Waals surface area contributed by atoms with E-state index in [4.69, 9.17) is 4.74 Å². The lowest BCUT2D eigenvalue weighted by atomic mass is 10.0. The van der Waals surface area contributed by atoms with Crippen molar-refractivity contribution in [2.75, 3.05) is 0 Å². The van der Waals surface area contributed by atoms with E-state index in [2.05, 4.69) is 26.6 Å². The number of hydrogen-bond acceptors (Lipinski definition) is 6. The molecule has 9 nitrogen and oxygen atoms in total. The summed E-state index contributed by atoms with van der Waals surface area (Å²) in [6.45, 7) is 5.28. The summed E-state index contributed by atoms with van der Waals surface area (Å²) in [7, 11) is 0. The fourth-order valence-corrected chi connectivity index (χ4v) is 2.95. The van der Waals surface area contributed by atoms with Crippen LogP contribution in [0.15, 0.2) is 54.6 Å². The lowest BCUT2D eigenvalue weighted by Crippen LogP contribution is -2.52. The normalized spacial score (nSPS) is 11.9. The van der Waals surface area contributed by atoms with Crippen LogP contribution in [0.25, 0.3) is 0 Å². The number of halogens is 1. The summed E-state index contributed by atoms with van der Waals surface area (Å²) in [4.78, 5) is 46.0. The Bertz CT molecular complexity index is 962. The molecule has 0 radical (unpaired) electrons. The zero-order valence-electron chi connectivity index (χ0n) is 19.9. The fourth-order valence-electron chi connectivity index (χ4n) is 2.95. The SMILES string of the molecule is CC(=O)Br.CC(C)C[C@H](NC(=O)OCc1ccccc1)C(=O)N[C@@H](Cc1ccc(O)cc1)C(=O)O. The molecule has 0 fully saturated rings. The monoisotopic (exact) mass is 550 g/mol. The number of ether oxygens (including phenoxy) is 1. The average Bonchev–Trinajstić information content (AvgIpc) is 2.78. The molecule has 0 unspecified atom stereocenters. The lowest BCUT2D eigenvalue weighted by Gasteiger charge is -2.22. The van der Waals surface area contributed by atoms with Crippen LogP contribution in [0.2, 0.25) is 0 Å². The third kappa shape index (κ3) is 13.2. The molecule has 0 aliphatic carbocycles. The van der Waals surface area contributed by atoms with E-state index in [9.17, 15) is 29.4 Å². The molecule has 0 spiro atoms. The predicted molar refractivity (Wildman–Crippen MR) is 134 cm³/mol. The number of hydrogen-bond donors (Lipinski definition) is 4. The van der Waals surface area contributed by atoms with E-state index < -0.39 is 30.1 Å². The van der Waals surface area contributed by atoms with Gasteiger partial charge in [0.25, 0.3) is 0 Å². The van der Waals surface area contributed by atoms with Gasteiger partial charge in [0.2, 0.25) is 5.91 Å². The van der Waals surface area contributed by atoms with Crippen LogP contribution in [0.1, 0.15) is 38.3 Å². The largest absolute Gasteiger partial charge is 0.508 e. The molecule has 35 heavy (non-hydrogen) atoms. The Morgan fingerprint density at radius 3 is 2.00 bits per heavy atom. The number of carbonyl (C=O) groups excluding carboxylic acids is 3. The van der Waals surface area contributed by atoms with Crippen LogP contribution in [0.5, 0.6) is 5.75 Å². The minimum atomic E-state index is -1.20. The maximum atomic E-state index is 12.8. The molecule has 0 bridgehead atoms. The zero-order valence-corrected chi connectivity index (χ0v) is 21.4. The van der Waals surface area contributed by atoms with Crippen molar-refractivity contribution < 1.29 is 34.1 Å². The summed E-state index contributed by atoms with van der Waals surface area (Å²) in [5.41, 5.74) is 1.45. The van der Waals surface area contributed by atoms with Crippen LogP contribution in [-0.2, 0) is 32.1 Å². The van der Waals surface area contributed by atoms with Gasteiger partial charge in [-0.3, -0.25) is 9.59 Å². The minimum Gasteiger partial charge on any atom is -0.508 e. The highest BCUT2D eigenvalue weighted by Gasteiger charge is 2.27. The van der Waals surface area contributed by atoms with Crippen LogP contribution in [0.3, 0.4) is 0 Å². The maximum absolute atomic E-state index is 12.8. The molecule has 2 atom stereocenters. The smallest absolute Gasteiger partial charge is 0.408 e. The second kappa shape index (κ2) is 15.5. The summed E-state index contributed by atoms with van der Waals surface area (Å²) >= 11 is 2.63. The summed E-state index contributed by atoms with van der Waals surface area (Å²) in [5, 5.41) is 23.9. The molecule has 2 rings (SSSR count). The molecule has 2 amide bonds. The maximum Gasteiger partial charge on any atom is 0.408 e. The van der Waals surface area contributed by atoms with Gasteiger partial charge in [0.15, 0.2) is 4.69 Å². The number of alkyl carbamates (subject to hydrolysis) is 1. The van der Waals surface area contributed by atoms with Crippen LogP contribution in [-0.4, -0.2) is 45.0 Å². The van der Waals surface area contributed by atoms with Crippen molar-refractivity contribution in [2.24, 2.45) is 5.92 Å². The number of aromatic hydroxyl groups is 1. The van der Waals surface area contributed by atoms with Crippen LogP contribution in [0, 0.1) is 5.92 Å². The number of carbonyl (C=O) groups is 4. The van der Waals surface area contributed by atoms with Gasteiger partial charge >= 0.3 is 12.1 Å². The number of carboxylic acid groups (broad SMARTS) is 1. The van der Waals surface area contributed by atoms with Gasteiger partial charge in [0, 0.05) is 13.3 Å². The molecule has 2 aromatic carbocycles. The molecule has 0 aliphatic rings. The number of nitrogens with one attached hydrogen (secondary N) is 2. The number of phenolic OH excluding ortho intramolecular Hbond substituents is 1. The number of phenols is 1. The van der Waals surface area contributed by atoms with Crippen molar-refractivity contribution in [1.29, 1.82) is 0 Å². The van der Waals surface area contributed by atoms with Crippen LogP contribution in [0.4, 0.5) is 4.79 Å². The Morgan fingerprint density at radius 1 is 0.914 bits per heavy atom. The number of rotatable bonds is 10. The quantitative estimate of drug-likeness (QED) is 0.330. The summed E-state index contributed by atoms with van der Waals surface area (Å²) in [6.07, 6.45) is -0.401. The molecular weight excluding hydrogens is 520 g/mol. The van der Waals surface area contributed by atoms with Crippen LogP contribution < -0.4 is 10.6 Å². The average molecular weight is 551 g/mol. The Morgan fingerprint density at radius 2 is 1.49 bits per heavy atom. The van der Waals surface area contributed by atoms with E-state index in [0.29, 0.717) is 12.0 Å². The predicted octanol–water partition coefficient (Wildman–Crippen LogP) is 3.77. The van der Waals surface area contributed by atoms with Crippen molar-refractivity contribution in [1.82, 2.24) is 10.6 Å². The molecule has 0 saturated carbocycles. The van der Waals surface area contributed by atoms with Gasteiger partial charge in [-0.25, -0.2) is 9.59 Å². The first kappa shape index (κ1) is 29.6. The molecular formula is C25H31BrN2O7. The molecule has 4 N–H and O–H groups in total. The standard InChI is InChI=1S/C23H28N2O6.C2H3BrO/c1-15(2)12-19(25-23(30)31-14-17-6-4-3-5-7-17)21(27)24-20(22(28)29)13-16-8-10-18(26)11-9-16;1-2(3)4/h3-11,15,19-20,26H,12-14H2,1-2H3,(H,24,27)(H,25,30)(H,28,29);1H3/t19-,20-;/m0./s1. The first-order chi connectivity index (χ1) is 16.5. The van der Waals surface area contributed by atoms with Gasteiger partial charge in [0.05, 0.1) is 0 Å². The Kier molecular flexibility index (Phi) is 13.1. The molecule has 0 saturated heterocycles. The van der Waals surface area contributed by atoms with E-state index in [1.54, 1.807) is 12.1 Å². The van der Waals surface area contributed by atoms with Crippen molar-refractivity contribution in [3.63, 3.8) is 0 Å². The first-order valence-electron chi connectivity index (χ1n) is 10.9. The number of benzene rings is 2. The Hall–Kier alpha value is -3.40. The van der Waals surface area contributed by atoms with Gasteiger partial charge in [0.1, 0.15) is 24.4 Å². The molecule has 0 aromatic heterocycles. The summed E-state index contributed by atoms with van der Waals surface area (Å²) in [6, 6.07) is 13.1. The van der Waals surface area contributed by atoms with Crippen molar-refractivity contribution in [3.8, 4) is 5.75 Å². The number of amides is 2. The van der Waals surface area contributed by atoms with Gasteiger partial charge in [-0.2, -0.15) is 0 Å². The van der Waals surface area contributed by atoms with E-state index in [1.165, 1.54) is 19.1 Å². The second-order valence-corrected chi connectivity index (χ2v) is 9.25. The summed E-state index contributed by atoms with van der Waals surface area (Å²) in [5.74, 6) is -1.66. The molecule has 10 heteroatoms. The fraction of sp³-hybridized carbons (Fsp3) is 0.360. The van der Waals surface area contributed by atoms with E-state index in [1.807, 2.05) is 44.2 Å². The highest BCUT2D eigenvalue weighted by Crippen LogP contribution is 2.12. The van der Waals surface area contributed by atoms with Gasteiger partial charge in [-0.1, -0.05) is 56.3 Å². The zero-order chi connectivity index (χ0) is 26.4. The second-order valence-electron chi connectivity index (χ2n) is 8.13. The molecule has 190 valence electrons. The van der Waals surface area contributed by atoms with Gasteiger partial charge < -0.3 is 25.6 Å². The van der Waals surface area contributed by atoms with E-state index in [0.717, 1.165) is 5.56 Å². The van der Waals surface area contributed by atoms with E-state index in [-0.39, 0.29) is 29.4 Å². The highest BCUT2D eigenvalue weighted by atomic mass is 79.9. The lowest BCUT2D eigenvalue weighted by molar-refractivity contribution is -0.142. The Labute approximate surface area is 213 Å². The van der Waals surface area contributed by atoms with Crippen LogP contribution >= 0.6 is 15.9 Å². The van der Waals surface area contributed by atoms with Gasteiger partial charge in [-0.05, 0) is 51.5 Å². The number of carboxylic acids is 1. The third-order valence-electron chi connectivity index (χ3n) is 4.52. The molecule has 0 aliphatic heterocycles. The van der Waals surface area contributed by atoms with Gasteiger partial charge in [-0.15, -0.1) is 0 Å². The Balaban J connectivity index is 0.00000142. The first-order valence-corrected chi connectivity index (χ1v) is 11.7. The van der Waals surface area contributed by atoms with Crippen molar-refractivity contribution in [2.45, 2.75) is 52.3 Å². The van der Waals surface area contributed by atoms with Crippen molar-refractivity contribution in [3.05, 3.63) is 65.7 Å². The molecule has 2 aromatic rings.